The standard InChI is InChI=1S/C18H27NO5/c1-6-10(3)17(21)23-12-8-13-15(20)16(14(9-12)19(13)5)24-18(22)11(4)7-2/h6-7,12-16,20H,8-9H2,1-5H3/b10-6+,11-7-/t12-,13+,14-,15+,16+/m0/s1. The number of hydrogen-bond acceptors (Lipinski definition) is 6. The van der Waals surface area contributed by atoms with E-state index in [9.17, 15) is 14.7 Å². The Labute approximate surface area is 143 Å². The molecule has 0 aromatic carbocycles. The molecule has 6 heteroatoms. The van der Waals surface area contributed by atoms with Crippen molar-refractivity contribution in [3.63, 3.8) is 0 Å². The molecule has 0 radical (unpaired) electrons. The highest BCUT2D eigenvalue weighted by atomic mass is 16.6. The van der Waals surface area contributed by atoms with Gasteiger partial charge < -0.3 is 14.6 Å². The summed E-state index contributed by atoms with van der Waals surface area (Å²) in [4.78, 5) is 26.0. The van der Waals surface area contributed by atoms with Gasteiger partial charge in [-0.05, 0) is 34.7 Å². The van der Waals surface area contributed by atoms with Crippen molar-refractivity contribution in [3.05, 3.63) is 23.3 Å². The van der Waals surface area contributed by atoms with Crippen molar-refractivity contribution in [2.24, 2.45) is 0 Å². The number of esters is 2. The summed E-state index contributed by atoms with van der Waals surface area (Å²) < 4.78 is 11.1. The Kier molecular flexibility index (Phi) is 5.83. The average Bonchev–Trinajstić information content (AvgIpc) is 2.70. The quantitative estimate of drug-likeness (QED) is 0.620. The van der Waals surface area contributed by atoms with Crippen LogP contribution in [-0.2, 0) is 19.1 Å². The molecule has 0 aromatic rings. The number of nitrogens with zero attached hydrogens (tertiary/aromatic N) is 1. The average molecular weight is 337 g/mol. The van der Waals surface area contributed by atoms with Crippen LogP contribution in [0.2, 0.25) is 0 Å². The minimum atomic E-state index is -0.778. The van der Waals surface area contributed by atoms with Crippen LogP contribution < -0.4 is 0 Å². The molecule has 0 spiro atoms. The number of ether oxygens (including phenoxy) is 2. The van der Waals surface area contributed by atoms with E-state index in [2.05, 4.69) is 0 Å². The van der Waals surface area contributed by atoms with Crippen LogP contribution in [0.15, 0.2) is 23.3 Å². The molecule has 0 amide bonds. The SMILES string of the molecule is C/C=C(/C)C(=O)O[C@H]1[C@H](O)[C@H]2C[C@H](OC(=O)/C(C)=C/C)C[C@@H]1N2C. The first kappa shape index (κ1) is 18.7. The number of piperidine rings is 1. The number of allylic oxidation sites excluding steroid dienone is 2. The maximum Gasteiger partial charge on any atom is 0.333 e. The fraction of sp³-hybridized carbons (Fsp3) is 0.667. The van der Waals surface area contributed by atoms with Crippen LogP contribution in [0.3, 0.4) is 0 Å². The van der Waals surface area contributed by atoms with Gasteiger partial charge in [0.25, 0.3) is 0 Å². The fourth-order valence-corrected chi connectivity index (χ4v) is 3.35. The molecular formula is C18H27NO5. The summed E-state index contributed by atoms with van der Waals surface area (Å²) in [7, 11) is 1.91. The largest absolute Gasteiger partial charge is 0.459 e. The molecule has 2 aliphatic heterocycles. The third kappa shape index (κ3) is 3.54. The van der Waals surface area contributed by atoms with Crippen LogP contribution in [0.1, 0.15) is 40.5 Å². The summed E-state index contributed by atoms with van der Waals surface area (Å²) >= 11 is 0. The Bertz CT molecular complexity index is 568. The molecule has 2 heterocycles. The van der Waals surface area contributed by atoms with Crippen molar-refractivity contribution in [2.75, 3.05) is 7.05 Å². The van der Waals surface area contributed by atoms with Crippen LogP contribution in [0.5, 0.6) is 0 Å². The van der Waals surface area contributed by atoms with Gasteiger partial charge in [0, 0.05) is 30.0 Å². The van der Waals surface area contributed by atoms with E-state index in [1.165, 1.54) is 0 Å². The van der Waals surface area contributed by atoms with E-state index >= 15 is 0 Å². The minimum absolute atomic E-state index is 0.156. The van der Waals surface area contributed by atoms with Gasteiger partial charge in [-0.3, -0.25) is 4.90 Å². The molecule has 2 fully saturated rings. The summed E-state index contributed by atoms with van der Waals surface area (Å²) in [5.41, 5.74) is 1.08. The molecule has 2 saturated heterocycles. The molecule has 0 aliphatic carbocycles. The third-order valence-electron chi connectivity index (χ3n) is 5.19. The van der Waals surface area contributed by atoms with Gasteiger partial charge in [0.15, 0.2) is 0 Å². The molecule has 2 bridgehead atoms. The van der Waals surface area contributed by atoms with Crippen molar-refractivity contribution in [3.8, 4) is 0 Å². The second kappa shape index (κ2) is 7.49. The molecule has 2 rings (SSSR count). The Morgan fingerprint density at radius 1 is 1.00 bits per heavy atom. The van der Waals surface area contributed by atoms with Gasteiger partial charge in [0.2, 0.25) is 0 Å². The predicted molar refractivity (Wildman–Crippen MR) is 89.2 cm³/mol. The lowest BCUT2D eigenvalue weighted by atomic mass is 10.00. The number of hydrogen-bond donors (Lipinski definition) is 1. The third-order valence-corrected chi connectivity index (χ3v) is 5.19. The minimum Gasteiger partial charge on any atom is -0.459 e. The molecule has 0 unspecified atom stereocenters. The molecular weight excluding hydrogens is 310 g/mol. The van der Waals surface area contributed by atoms with Crippen LogP contribution in [0.25, 0.3) is 0 Å². The second-order valence-electron chi connectivity index (χ2n) is 6.60. The number of aliphatic hydroxyl groups is 1. The molecule has 0 saturated carbocycles. The molecule has 5 atom stereocenters. The van der Waals surface area contributed by atoms with Crippen molar-refractivity contribution in [2.45, 2.75) is 70.9 Å². The molecule has 6 nitrogen and oxygen atoms in total. The highest BCUT2D eigenvalue weighted by molar-refractivity contribution is 5.88. The zero-order valence-electron chi connectivity index (χ0n) is 15.0. The Balaban J connectivity index is 2.09. The number of carbonyl (C=O) groups is 2. The van der Waals surface area contributed by atoms with E-state index in [-0.39, 0.29) is 24.2 Å². The van der Waals surface area contributed by atoms with E-state index in [0.29, 0.717) is 24.0 Å². The van der Waals surface area contributed by atoms with Crippen molar-refractivity contribution < 1.29 is 24.2 Å². The van der Waals surface area contributed by atoms with Crippen LogP contribution in [0, 0.1) is 0 Å². The summed E-state index contributed by atoms with van der Waals surface area (Å²) in [6, 6.07) is -0.341. The number of likely N-dealkylation sites (N-methyl/N-ethyl adjacent to an activating group) is 1. The Morgan fingerprint density at radius 2 is 1.50 bits per heavy atom. The Hall–Kier alpha value is -1.66. The van der Waals surface area contributed by atoms with Crippen LogP contribution in [-0.4, -0.2) is 59.4 Å². The lowest BCUT2D eigenvalue weighted by molar-refractivity contribution is -0.152. The van der Waals surface area contributed by atoms with E-state index in [0.717, 1.165) is 0 Å². The second-order valence-corrected chi connectivity index (χ2v) is 6.60. The van der Waals surface area contributed by atoms with E-state index in [4.69, 9.17) is 9.47 Å². The number of rotatable bonds is 4. The van der Waals surface area contributed by atoms with Crippen LogP contribution >= 0.6 is 0 Å². The molecule has 0 aromatic heterocycles. The lowest BCUT2D eigenvalue weighted by Gasteiger charge is -2.36. The van der Waals surface area contributed by atoms with E-state index < -0.39 is 18.2 Å². The van der Waals surface area contributed by atoms with Crippen molar-refractivity contribution in [1.82, 2.24) is 4.90 Å². The molecule has 24 heavy (non-hydrogen) atoms. The summed E-state index contributed by atoms with van der Waals surface area (Å²) in [5, 5.41) is 10.5. The smallest absolute Gasteiger partial charge is 0.333 e. The Morgan fingerprint density at radius 3 is 2.04 bits per heavy atom. The molecule has 134 valence electrons. The number of carbonyl (C=O) groups excluding carboxylic acids is 2. The fourth-order valence-electron chi connectivity index (χ4n) is 3.35. The van der Waals surface area contributed by atoms with Gasteiger partial charge in [-0.25, -0.2) is 9.59 Å². The monoisotopic (exact) mass is 337 g/mol. The van der Waals surface area contributed by atoms with Gasteiger partial charge >= 0.3 is 11.9 Å². The van der Waals surface area contributed by atoms with Gasteiger partial charge in [-0.1, -0.05) is 12.2 Å². The van der Waals surface area contributed by atoms with Gasteiger partial charge in [0.05, 0.1) is 6.04 Å². The highest BCUT2D eigenvalue weighted by Crippen LogP contribution is 2.38. The van der Waals surface area contributed by atoms with E-state index in [1.807, 2.05) is 11.9 Å². The first-order valence-electron chi connectivity index (χ1n) is 8.37. The number of fused-ring (bicyclic) bond motifs is 2. The van der Waals surface area contributed by atoms with Gasteiger partial charge in [-0.15, -0.1) is 0 Å². The zero-order chi connectivity index (χ0) is 18.0. The molecule has 2 aliphatic rings. The van der Waals surface area contributed by atoms with Crippen LogP contribution in [0.4, 0.5) is 0 Å². The summed E-state index contributed by atoms with van der Waals surface area (Å²) in [5.74, 6) is -0.750. The van der Waals surface area contributed by atoms with Gasteiger partial charge in [-0.2, -0.15) is 0 Å². The first-order valence-corrected chi connectivity index (χ1v) is 8.37. The predicted octanol–water partition coefficient (Wildman–Crippen LogP) is 1.58. The molecule has 1 N–H and O–H groups in total. The summed E-state index contributed by atoms with van der Waals surface area (Å²) in [6.07, 6.45) is 2.82. The number of aliphatic hydroxyl groups excluding tert-OH is 1. The van der Waals surface area contributed by atoms with Gasteiger partial charge in [0.1, 0.15) is 18.3 Å². The lowest BCUT2D eigenvalue weighted by Crippen LogP contribution is -2.46. The summed E-state index contributed by atoms with van der Waals surface area (Å²) in [6.45, 7) is 6.96. The highest BCUT2D eigenvalue weighted by Gasteiger charge is 2.53. The van der Waals surface area contributed by atoms with Crippen molar-refractivity contribution in [1.29, 1.82) is 0 Å². The maximum atomic E-state index is 12.0. The first-order chi connectivity index (χ1) is 11.3. The maximum absolute atomic E-state index is 12.0. The zero-order valence-corrected chi connectivity index (χ0v) is 15.0. The van der Waals surface area contributed by atoms with E-state index in [1.54, 1.807) is 39.8 Å². The normalized spacial score (nSPS) is 34.2. The van der Waals surface area contributed by atoms with Crippen molar-refractivity contribution >= 4 is 11.9 Å². The topological polar surface area (TPSA) is 76.1 Å².